The average molecular weight is 398 g/mol. The number of thiophene rings is 1. The Balaban J connectivity index is 1.43. The summed E-state index contributed by atoms with van der Waals surface area (Å²) in [7, 11) is 0. The lowest BCUT2D eigenvalue weighted by Crippen LogP contribution is -2.38. The lowest BCUT2D eigenvalue weighted by Gasteiger charge is -2.28. The topological polar surface area (TPSA) is 49.0 Å². The van der Waals surface area contributed by atoms with E-state index in [1.54, 1.807) is 23.1 Å². The van der Waals surface area contributed by atoms with Crippen LogP contribution in [-0.2, 0) is 12.8 Å². The van der Waals surface area contributed by atoms with E-state index in [0.717, 1.165) is 59.1 Å². The molecular weight excluding hydrogens is 374 g/mol. The molecule has 2 aromatic heterocycles. The van der Waals surface area contributed by atoms with Crippen LogP contribution in [0.2, 0.25) is 0 Å². The number of hydrogen-bond acceptors (Lipinski definition) is 4. The van der Waals surface area contributed by atoms with E-state index in [1.165, 1.54) is 11.1 Å². The maximum Gasteiger partial charge on any atom is 0.256 e. The molecule has 1 aliphatic heterocycles. The first-order chi connectivity index (χ1) is 13.3. The molecule has 0 unspecified atom stereocenters. The molecule has 0 saturated carbocycles. The first-order valence-corrected chi connectivity index (χ1v) is 11.3. The lowest BCUT2D eigenvalue weighted by atomic mass is 10.00. The van der Waals surface area contributed by atoms with Crippen molar-refractivity contribution in [1.29, 1.82) is 0 Å². The van der Waals surface area contributed by atoms with Gasteiger partial charge in [-0.3, -0.25) is 9.89 Å². The highest BCUT2D eigenvalue weighted by Gasteiger charge is 2.31. The number of hydrogen-bond donors (Lipinski definition) is 1. The Morgan fingerprint density at radius 3 is 2.81 bits per heavy atom. The second-order valence-electron chi connectivity index (χ2n) is 6.72. The first-order valence-electron chi connectivity index (χ1n) is 9.31. The van der Waals surface area contributed by atoms with E-state index < -0.39 is 0 Å². The van der Waals surface area contributed by atoms with Gasteiger partial charge in [0.25, 0.3) is 5.91 Å². The molecule has 3 aromatic rings. The van der Waals surface area contributed by atoms with Gasteiger partial charge in [-0.15, -0.1) is 23.1 Å². The van der Waals surface area contributed by atoms with E-state index in [0.29, 0.717) is 0 Å². The van der Waals surface area contributed by atoms with Crippen LogP contribution in [0.5, 0.6) is 0 Å². The fourth-order valence-electron chi connectivity index (χ4n) is 3.63. The zero-order valence-electron chi connectivity index (χ0n) is 15.4. The number of carbonyl (C=O) groups is 1. The third-order valence-electron chi connectivity index (χ3n) is 5.01. The van der Waals surface area contributed by atoms with Crippen LogP contribution in [-0.4, -0.2) is 40.3 Å². The number of aromatic amines is 1. The number of H-pyrrole nitrogens is 1. The van der Waals surface area contributed by atoms with Crippen molar-refractivity contribution in [2.24, 2.45) is 0 Å². The van der Waals surface area contributed by atoms with Crippen molar-refractivity contribution in [2.45, 2.75) is 29.9 Å². The molecule has 4 rings (SSSR count). The Morgan fingerprint density at radius 1 is 1.22 bits per heavy atom. The van der Waals surface area contributed by atoms with Crippen LogP contribution in [0.25, 0.3) is 10.6 Å². The van der Waals surface area contributed by atoms with Crippen LogP contribution < -0.4 is 0 Å². The third kappa shape index (κ3) is 3.82. The standard InChI is InChI=1S/C21H23N3OS2/c1-26-21-18-16(19(27-21)17-10-12-22-23-17)11-14-24(20(18)25)13-6-5-9-15-7-3-2-4-8-15/h2-4,7-8,10,12H,5-6,9,11,13-14H2,1H3,(H,22,23). The molecule has 0 fully saturated rings. The average Bonchev–Trinajstić information content (AvgIpc) is 3.35. The van der Waals surface area contributed by atoms with Gasteiger partial charge >= 0.3 is 0 Å². The number of benzene rings is 1. The highest BCUT2D eigenvalue weighted by molar-refractivity contribution is 8.00. The molecule has 0 bridgehead atoms. The fourth-order valence-corrected chi connectivity index (χ4v) is 5.67. The predicted molar refractivity (Wildman–Crippen MR) is 113 cm³/mol. The van der Waals surface area contributed by atoms with Gasteiger partial charge in [0.15, 0.2) is 0 Å². The molecule has 1 amide bonds. The van der Waals surface area contributed by atoms with Crippen LogP contribution in [0.1, 0.15) is 34.3 Å². The number of unbranched alkanes of at least 4 members (excludes halogenated alkanes) is 1. The van der Waals surface area contributed by atoms with Crippen molar-refractivity contribution in [1.82, 2.24) is 15.1 Å². The largest absolute Gasteiger partial charge is 0.338 e. The summed E-state index contributed by atoms with van der Waals surface area (Å²) in [5.74, 6) is 0.193. The molecular formula is C21H23N3OS2. The Bertz CT molecular complexity index is 903. The number of carbonyl (C=O) groups excluding carboxylic acids is 1. The van der Waals surface area contributed by atoms with Gasteiger partial charge in [-0.05, 0) is 49.1 Å². The van der Waals surface area contributed by atoms with E-state index >= 15 is 0 Å². The summed E-state index contributed by atoms with van der Waals surface area (Å²) in [6.07, 6.45) is 8.03. The molecule has 0 saturated heterocycles. The summed E-state index contributed by atoms with van der Waals surface area (Å²) in [5, 5.41) is 7.21. The molecule has 0 atom stereocenters. The van der Waals surface area contributed by atoms with E-state index in [4.69, 9.17) is 0 Å². The smallest absolute Gasteiger partial charge is 0.256 e. The molecule has 1 aliphatic rings. The van der Waals surface area contributed by atoms with Gasteiger partial charge < -0.3 is 4.90 Å². The number of thioether (sulfide) groups is 1. The summed E-state index contributed by atoms with van der Waals surface area (Å²) >= 11 is 3.36. The Hall–Kier alpha value is -2.05. The van der Waals surface area contributed by atoms with Crippen LogP contribution in [0.4, 0.5) is 0 Å². The summed E-state index contributed by atoms with van der Waals surface area (Å²) in [6, 6.07) is 12.5. The van der Waals surface area contributed by atoms with Crippen molar-refractivity contribution < 1.29 is 4.79 Å². The normalized spacial score (nSPS) is 13.8. The number of aryl methyl sites for hydroxylation is 1. The van der Waals surface area contributed by atoms with Crippen LogP contribution >= 0.6 is 23.1 Å². The highest BCUT2D eigenvalue weighted by Crippen LogP contribution is 2.43. The second-order valence-corrected chi connectivity index (χ2v) is 8.82. The molecule has 0 radical (unpaired) electrons. The summed E-state index contributed by atoms with van der Waals surface area (Å²) in [6.45, 7) is 1.64. The van der Waals surface area contributed by atoms with Gasteiger partial charge in [-0.25, -0.2) is 0 Å². The zero-order valence-corrected chi connectivity index (χ0v) is 17.0. The van der Waals surface area contributed by atoms with Crippen LogP contribution in [0.15, 0.2) is 46.8 Å². The summed E-state index contributed by atoms with van der Waals surface area (Å²) < 4.78 is 1.11. The second kappa shape index (κ2) is 8.31. The number of rotatable bonds is 7. The highest BCUT2D eigenvalue weighted by atomic mass is 32.2. The number of aromatic nitrogens is 2. The molecule has 3 heterocycles. The van der Waals surface area contributed by atoms with Crippen LogP contribution in [0, 0.1) is 0 Å². The van der Waals surface area contributed by atoms with Gasteiger partial charge in [0, 0.05) is 19.3 Å². The quantitative estimate of drug-likeness (QED) is 0.456. The Morgan fingerprint density at radius 2 is 2.07 bits per heavy atom. The molecule has 140 valence electrons. The maximum atomic E-state index is 13.1. The van der Waals surface area contributed by atoms with Gasteiger partial charge in [-0.1, -0.05) is 30.3 Å². The molecule has 6 heteroatoms. The van der Waals surface area contributed by atoms with E-state index in [-0.39, 0.29) is 5.91 Å². The third-order valence-corrected chi connectivity index (χ3v) is 7.39. The van der Waals surface area contributed by atoms with Crippen molar-refractivity contribution in [3.63, 3.8) is 0 Å². The number of nitrogens with one attached hydrogen (secondary N) is 1. The van der Waals surface area contributed by atoms with E-state index in [2.05, 4.69) is 40.5 Å². The summed E-state index contributed by atoms with van der Waals surface area (Å²) in [5.41, 5.74) is 4.42. The molecule has 4 nitrogen and oxygen atoms in total. The van der Waals surface area contributed by atoms with Crippen molar-refractivity contribution in [3.8, 4) is 10.6 Å². The predicted octanol–water partition coefficient (Wildman–Crippen LogP) is 4.88. The van der Waals surface area contributed by atoms with Gasteiger partial charge in [0.2, 0.25) is 0 Å². The van der Waals surface area contributed by atoms with E-state index in [9.17, 15) is 4.79 Å². The fraction of sp³-hybridized carbons (Fsp3) is 0.333. The minimum atomic E-state index is 0.193. The number of fused-ring (bicyclic) bond motifs is 1. The van der Waals surface area contributed by atoms with E-state index in [1.807, 2.05) is 23.4 Å². The minimum absolute atomic E-state index is 0.193. The van der Waals surface area contributed by atoms with Gasteiger partial charge in [0.1, 0.15) is 5.69 Å². The van der Waals surface area contributed by atoms with Crippen molar-refractivity contribution in [3.05, 3.63) is 59.3 Å². The van der Waals surface area contributed by atoms with Crippen LogP contribution in [0.3, 0.4) is 0 Å². The molecule has 27 heavy (non-hydrogen) atoms. The molecule has 1 N–H and O–H groups in total. The SMILES string of the molecule is CSc1sc(-c2cc[nH]n2)c2c1C(=O)N(CCCCc1ccccc1)CC2. The molecule has 0 aliphatic carbocycles. The maximum absolute atomic E-state index is 13.1. The number of amides is 1. The van der Waals surface area contributed by atoms with Crippen molar-refractivity contribution in [2.75, 3.05) is 19.3 Å². The van der Waals surface area contributed by atoms with Gasteiger partial charge in [-0.2, -0.15) is 5.10 Å². The Kier molecular flexibility index (Phi) is 5.64. The summed E-state index contributed by atoms with van der Waals surface area (Å²) in [4.78, 5) is 16.3. The Labute approximate surface area is 168 Å². The first kappa shape index (κ1) is 18.3. The zero-order chi connectivity index (χ0) is 18.6. The molecule has 0 spiro atoms. The van der Waals surface area contributed by atoms with Crippen molar-refractivity contribution >= 4 is 29.0 Å². The molecule has 1 aromatic carbocycles. The van der Waals surface area contributed by atoms with Gasteiger partial charge in [0.05, 0.1) is 14.6 Å². The monoisotopic (exact) mass is 397 g/mol. The number of nitrogens with zero attached hydrogens (tertiary/aromatic N) is 2. The minimum Gasteiger partial charge on any atom is -0.338 e. The lowest BCUT2D eigenvalue weighted by molar-refractivity contribution is 0.0734.